The van der Waals surface area contributed by atoms with E-state index in [2.05, 4.69) is 64.8 Å². The van der Waals surface area contributed by atoms with Gasteiger partial charge in [-0.2, -0.15) is 0 Å². The van der Waals surface area contributed by atoms with Crippen molar-refractivity contribution in [2.45, 2.75) is 32.4 Å². The van der Waals surface area contributed by atoms with Crippen molar-refractivity contribution in [1.29, 1.82) is 0 Å². The lowest BCUT2D eigenvalue weighted by Gasteiger charge is -2.25. The highest BCUT2D eigenvalue weighted by molar-refractivity contribution is 5.79. The summed E-state index contributed by atoms with van der Waals surface area (Å²) in [5.41, 5.74) is 1.35. The van der Waals surface area contributed by atoms with Gasteiger partial charge in [0.05, 0.1) is 0 Å². The minimum atomic E-state index is 0.509. The van der Waals surface area contributed by atoms with Crippen LogP contribution in [0, 0.1) is 0 Å². The summed E-state index contributed by atoms with van der Waals surface area (Å²) in [5.74, 6) is 0.860. The van der Waals surface area contributed by atoms with E-state index in [1.54, 1.807) is 14.2 Å². The molecule has 1 aromatic carbocycles. The van der Waals surface area contributed by atoms with Crippen LogP contribution in [0.3, 0.4) is 0 Å². The Morgan fingerprint density at radius 3 is 2.57 bits per heavy atom. The van der Waals surface area contributed by atoms with Gasteiger partial charge in [0.15, 0.2) is 5.96 Å². The van der Waals surface area contributed by atoms with E-state index >= 15 is 0 Å². The molecule has 0 amide bonds. The zero-order valence-electron chi connectivity index (χ0n) is 15.0. The molecule has 23 heavy (non-hydrogen) atoms. The van der Waals surface area contributed by atoms with Crippen LogP contribution in [0.25, 0.3) is 0 Å². The smallest absolute Gasteiger partial charge is 0.190 e. The van der Waals surface area contributed by atoms with Crippen molar-refractivity contribution in [2.24, 2.45) is 4.99 Å². The third-order valence-electron chi connectivity index (χ3n) is 3.92. The van der Waals surface area contributed by atoms with Gasteiger partial charge in [-0.15, -0.1) is 0 Å². The largest absolute Gasteiger partial charge is 0.385 e. The number of nitrogens with zero attached hydrogens (tertiary/aromatic N) is 2. The molecule has 1 aromatic rings. The van der Waals surface area contributed by atoms with Gasteiger partial charge in [-0.05, 0) is 32.4 Å². The van der Waals surface area contributed by atoms with Crippen LogP contribution in [0.4, 0.5) is 0 Å². The summed E-state index contributed by atoms with van der Waals surface area (Å²) in [4.78, 5) is 6.62. The van der Waals surface area contributed by atoms with Crippen LogP contribution >= 0.6 is 0 Å². The van der Waals surface area contributed by atoms with Crippen molar-refractivity contribution in [3.8, 4) is 0 Å². The Morgan fingerprint density at radius 2 is 1.91 bits per heavy atom. The Kier molecular flexibility index (Phi) is 10.1. The number of aliphatic imine (C=N–C) groups is 1. The lowest BCUT2D eigenvalue weighted by atomic mass is 10.1. The molecule has 0 bridgehead atoms. The van der Waals surface area contributed by atoms with Gasteiger partial charge in [0.2, 0.25) is 0 Å². The van der Waals surface area contributed by atoms with E-state index in [4.69, 9.17) is 4.74 Å². The van der Waals surface area contributed by atoms with E-state index < -0.39 is 0 Å². The summed E-state index contributed by atoms with van der Waals surface area (Å²) in [5, 5.41) is 6.66. The highest BCUT2D eigenvalue weighted by Crippen LogP contribution is 2.07. The van der Waals surface area contributed by atoms with Gasteiger partial charge in [0.1, 0.15) is 0 Å². The molecule has 1 atom stereocenters. The molecule has 0 aliphatic carbocycles. The predicted molar refractivity (Wildman–Crippen MR) is 97.8 cm³/mol. The van der Waals surface area contributed by atoms with Crippen molar-refractivity contribution in [3.63, 3.8) is 0 Å². The summed E-state index contributed by atoms with van der Waals surface area (Å²) < 4.78 is 5.04. The van der Waals surface area contributed by atoms with Gasteiger partial charge in [-0.1, -0.05) is 30.3 Å². The van der Waals surface area contributed by atoms with Crippen LogP contribution in [0.5, 0.6) is 0 Å². The molecule has 0 saturated carbocycles. The Bertz CT molecular complexity index is 436. The predicted octanol–water partition coefficient (Wildman–Crippen LogP) is 2.10. The molecule has 0 spiro atoms. The van der Waals surface area contributed by atoms with Crippen molar-refractivity contribution in [1.82, 2.24) is 15.5 Å². The van der Waals surface area contributed by atoms with Crippen molar-refractivity contribution >= 4 is 5.96 Å². The normalized spacial score (nSPS) is 13.2. The number of methoxy groups -OCH3 is 1. The monoisotopic (exact) mass is 320 g/mol. The Hall–Kier alpha value is -1.59. The summed E-state index contributed by atoms with van der Waals surface area (Å²) in [6.07, 6.45) is 2.05. The van der Waals surface area contributed by atoms with E-state index in [9.17, 15) is 0 Å². The average Bonchev–Trinajstić information content (AvgIpc) is 2.57. The van der Waals surface area contributed by atoms with E-state index in [-0.39, 0.29) is 0 Å². The molecule has 2 N–H and O–H groups in total. The molecule has 130 valence electrons. The molecule has 0 fully saturated rings. The van der Waals surface area contributed by atoms with Crippen molar-refractivity contribution in [2.75, 3.05) is 40.9 Å². The van der Waals surface area contributed by atoms with Gasteiger partial charge < -0.3 is 15.4 Å². The number of benzene rings is 1. The van der Waals surface area contributed by atoms with Gasteiger partial charge >= 0.3 is 0 Å². The first-order valence-electron chi connectivity index (χ1n) is 8.35. The number of ether oxygens (including phenoxy) is 1. The van der Waals surface area contributed by atoms with E-state index in [0.29, 0.717) is 6.04 Å². The molecule has 0 saturated heterocycles. The van der Waals surface area contributed by atoms with Crippen LogP contribution in [-0.2, 0) is 11.3 Å². The van der Waals surface area contributed by atoms with Crippen LogP contribution in [-0.4, -0.2) is 57.8 Å². The van der Waals surface area contributed by atoms with Gasteiger partial charge in [-0.25, -0.2) is 0 Å². The van der Waals surface area contributed by atoms with Crippen molar-refractivity contribution in [3.05, 3.63) is 35.9 Å². The second kappa shape index (κ2) is 11.9. The fraction of sp³-hybridized carbons (Fsp3) is 0.611. The van der Waals surface area contributed by atoms with Crippen molar-refractivity contribution < 1.29 is 4.74 Å². The molecule has 1 rings (SSSR count). The van der Waals surface area contributed by atoms with Crippen LogP contribution in [0.1, 0.15) is 25.3 Å². The van der Waals surface area contributed by atoms with Crippen LogP contribution in [0.15, 0.2) is 35.3 Å². The molecule has 0 aromatic heterocycles. The quantitative estimate of drug-likeness (QED) is 0.394. The second-order valence-corrected chi connectivity index (χ2v) is 5.81. The molecule has 0 heterocycles. The number of rotatable bonds is 10. The second-order valence-electron chi connectivity index (χ2n) is 5.81. The Balaban J connectivity index is 2.22. The first-order chi connectivity index (χ1) is 11.2. The highest BCUT2D eigenvalue weighted by atomic mass is 16.5. The van der Waals surface area contributed by atoms with E-state index in [1.165, 1.54) is 5.56 Å². The van der Waals surface area contributed by atoms with E-state index in [0.717, 1.165) is 45.0 Å². The van der Waals surface area contributed by atoms with Crippen LogP contribution in [0.2, 0.25) is 0 Å². The standard InChI is InChI=1S/C18H32N4O/c1-16(22(3)15-17-9-6-5-7-10-17)11-13-21-18(19-2)20-12-8-14-23-4/h5-7,9-10,16H,8,11-15H2,1-4H3,(H2,19,20,21). The van der Waals surface area contributed by atoms with Gasteiger partial charge in [0, 0.05) is 46.4 Å². The maximum absolute atomic E-state index is 5.04. The molecule has 1 unspecified atom stereocenters. The summed E-state index contributed by atoms with van der Waals surface area (Å²) in [6, 6.07) is 11.1. The molecular weight excluding hydrogens is 288 g/mol. The van der Waals surface area contributed by atoms with Gasteiger partial charge in [0.25, 0.3) is 0 Å². The maximum Gasteiger partial charge on any atom is 0.190 e. The molecule has 0 aliphatic heterocycles. The molecule has 5 nitrogen and oxygen atoms in total. The number of nitrogens with one attached hydrogen (secondary N) is 2. The zero-order chi connectivity index (χ0) is 16.9. The lowest BCUT2D eigenvalue weighted by Crippen LogP contribution is -2.40. The fourth-order valence-corrected chi connectivity index (χ4v) is 2.29. The summed E-state index contributed by atoms with van der Waals surface area (Å²) in [7, 11) is 5.70. The van der Waals surface area contributed by atoms with Gasteiger partial charge in [-0.3, -0.25) is 9.89 Å². The fourth-order valence-electron chi connectivity index (χ4n) is 2.29. The molecule has 0 radical (unpaired) electrons. The Morgan fingerprint density at radius 1 is 1.22 bits per heavy atom. The summed E-state index contributed by atoms with van der Waals surface area (Å²) in [6.45, 7) is 5.79. The van der Waals surface area contributed by atoms with E-state index in [1.807, 2.05) is 0 Å². The highest BCUT2D eigenvalue weighted by Gasteiger charge is 2.09. The minimum absolute atomic E-state index is 0.509. The first-order valence-corrected chi connectivity index (χ1v) is 8.35. The number of hydrogen-bond donors (Lipinski definition) is 2. The molecule has 5 heteroatoms. The maximum atomic E-state index is 5.04. The SMILES string of the molecule is CN=C(NCCCOC)NCCC(C)N(C)Cc1ccccc1. The molecular formula is C18H32N4O. The lowest BCUT2D eigenvalue weighted by molar-refractivity contribution is 0.195. The topological polar surface area (TPSA) is 48.9 Å². The minimum Gasteiger partial charge on any atom is -0.385 e. The number of guanidine groups is 1. The summed E-state index contributed by atoms with van der Waals surface area (Å²) >= 11 is 0. The number of hydrogen-bond acceptors (Lipinski definition) is 3. The third-order valence-corrected chi connectivity index (χ3v) is 3.92. The van der Waals surface area contributed by atoms with Crippen LogP contribution < -0.4 is 10.6 Å². The zero-order valence-corrected chi connectivity index (χ0v) is 15.0. The first kappa shape index (κ1) is 19.5. The Labute approximate surface area is 141 Å². The average molecular weight is 320 g/mol. The third kappa shape index (κ3) is 8.57. The molecule has 0 aliphatic rings.